The Morgan fingerprint density at radius 2 is 2.22 bits per heavy atom. The highest BCUT2D eigenvalue weighted by molar-refractivity contribution is 6.30. The number of piperidine rings is 1. The molecule has 1 aromatic carbocycles. The Morgan fingerprint density at radius 1 is 1.43 bits per heavy atom. The highest BCUT2D eigenvalue weighted by atomic mass is 35.5. The molecule has 2 aromatic rings. The molecule has 0 unspecified atom stereocenters. The van der Waals surface area contributed by atoms with E-state index in [-0.39, 0.29) is 23.0 Å². The normalized spacial score (nSPS) is 21.4. The minimum absolute atomic E-state index is 0.0142. The lowest BCUT2D eigenvalue weighted by molar-refractivity contribution is 0.0967. The number of H-pyrrole nitrogens is 1. The van der Waals surface area contributed by atoms with Gasteiger partial charge in [0.25, 0.3) is 5.56 Å². The summed E-state index contributed by atoms with van der Waals surface area (Å²) >= 11 is 5.69. The van der Waals surface area contributed by atoms with Crippen LogP contribution >= 0.6 is 11.6 Å². The summed E-state index contributed by atoms with van der Waals surface area (Å²) in [6, 6.07) is 5.10. The van der Waals surface area contributed by atoms with Crippen molar-refractivity contribution in [3.05, 3.63) is 56.8 Å². The van der Waals surface area contributed by atoms with Crippen molar-refractivity contribution < 1.29 is 18.8 Å². The smallest absolute Gasteiger partial charge is 0.407 e. The van der Waals surface area contributed by atoms with Gasteiger partial charge in [-0.2, -0.15) is 5.16 Å². The van der Waals surface area contributed by atoms with Crippen LogP contribution in [-0.4, -0.2) is 27.8 Å². The second-order valence-electron chi connectivity index (χ2n) is 5.50. The molecule has 23 heavy (non-hydrogen) atoms. The van der Waals surface area contributed by atoms with Gasteiger partial charge in [0.15, 0.2) is 0 Å². The molecule has 6 nitrogen and oxygen atoms in total. The van der Waals surface area contributed by atoms with Gasteiger partial charge < -0.3 is 14.5 Å². The summed E-state index contributed by atoms with van der Waals surface area (Å²) in [7, 11) is 0. The Kier molecular flexibility index (Phi) is 4.12. The highest BCUT2D eigenvalue weighted by Gasteiger charge is 2.35. The molecule has 1 aliphatic heterocycles. The van der Waals surface area contributed by atoms with Crippen LogP contribution in [0.4, 0.5) is 9.18 Å². The van der Waals surface area contributed by atoms with Gasteiger partial charge in [-0.05, 0) is 30.5 Å². The topological polar surface area (TPSA) is 86.5 Å². The first-order chi connectivity index (χ1) is 11.0. The molecule has 0 radical (unpaired) electrons. The molecular formula is C15H14ClFN2O4. The molecule has 1 fully saturated rings. The maximum absolute atomic E-state index is 13.7. The van der Waals surface area contributed by atoms with Crippen LogP contribution in [-0.2, 0) is 0 Å². The van der Waals surface area contributed by atoms with Gasteiger partial charge in [0.2, 0.25) is 0 Å². The highest BCUT2D eigenvalue weighted by Crippen LogP contribution is 2.39. The van der Waals surface area contributed by atoms with Crippen LogP contribution in [0.25, 0.3) is 0 Å². The summed E-state index contributed by atoms with van der Waals surface area (Å²) in [6.45, 7) is 0.268. The van der Waals surface area contributed by atoms with E-state index < -0.39 is 18.0 Å². The molecule has 1 aromatic heterocycles. The maximum atomic E-state index is 13.7. The van der Waals surface area contributed by atoms with Gasteiger partial charge in [0.1, 0.15) is 11.6 Å². The Balaban J connectivity index is 1.92. The summed E-state index contributed by atoms with van der Waals surface area (Å²) < 4.78 is 18.9. The van der Waals surface area contributed by atoms with Crippen molar-refractivity contribution in [1.29, 1.82) is 0 Å². The van der Waals surface area contributed by atoms with Crippen molar-refractivity contribution in [3.63, 3.8) is 0 Å². The van der Waals surface area contributed by atoms with Gasteiger partial charge in [-0.25, -0.2) is 9.18 Å². The molecule has 8 heteroatoms. The SMILES string of the molecule is O=C(O)N1CC[C@@H](c2cc(=O)[nH]o2)C[C@@H]1c1ccc(Cl)c(F)c1. The number of carboxylic acid groups (broad SMARTS) is 1. The molecular weight excluding hydrogens is 327 g/mol. The quantitative estimate of drug-likeness (QED) is 0.877. The standard InChI is InChI=1S/C15H14ClFN2O4/c16-10-2-1-8(5-11(10)17)12-6-9(3-4-19(12)15(21)22)13-7-14(20)18-23-13/h1-2,5,7,9,12H,3-4,6H2,(H,18,20)(H,21,22)/t9-,12-/m1/s1. The first kappa shape index (κ1) is 15.6. The summed E-state index contributed by atoms with van der Waals surface area (Å²) in [6.07, 6.45) is -0.146. The molecule has 122 valence electrons. The predicted molar refractivity (Wildman–Crippen MR) is 80.2 cm³/mol. The average molecular weight is 341 g/mol. The van der Waals surface area contributed by atoms with Crippen molar-refractivity contribution in [2.75, 3.05) is 6.54 Å². The molecule has 2 heterocycles. The van der Waals surface area contributed by atoms with Crippen LogP contribution in [0.1, 0.15) is 36.1 Å². The molecule has 0 saturated carbocycles. The largest absolute Gasteiger partial charge is 0.465 e. The number of nitrogens with one attached hydrogen (secondary N) is 1. The molecule has 0 bridgehead atoms. The van der Waals surface area contributed by atoms with Crippen LogP contribution in [0.2, 0.25) is 5.02 Å². The average Bonchev–Trinajstić information content (AvgIpc) is 2.96. The second kappa shape index (κ2) is 6.08. The van der Waals surface area contributed by atoms with Gasteiger partial charge in [-0.3, -0.25) is 4.79 Å². The zero-order valence-corrected chi connectivity index (χ0v) is 12.7. The number of aromatic nitrogens is 1. The molecule has 2 N–H and O–H groups in total. The monoisotopic (exact) mass is 340 g/mol. The number of halogens is 2. The number of rotatable bonds is 2. The Morgan fingerprint density at radius 3 is 2.83 bits per heavy atom. The van der Waals surface area contributed by atoms with Gasteiger partial charge in [-0.1, -0.05) is 17.7 Å². The number of hydrogen-bond donors (Lipinski definition) is 2. The van der Waals surface area contributed by atoms with E-state index in [1.165, 1.54) is 23.1 Å². The molecule has 1 saturated heterocycles. The van der Waals surface area contributed by atoms with E-state index in [2.05, 4.69) is 5.16 Å². The van der Waals surface area contributed by atoms with E-state index in [1.807, 2.05) is 0 Å². The zero-order valence-electron chi connectivity index (χ0n) is 12.0. The number of benzene rings is 1. The van der Waals surface area contributed by atoms with E-state index >= 15 is 0 Å². The molecule has 3 rings (SSSR count). The Bertz CT molecular complexity index is 788. The lowest BCUT2D eigenvalue weighted by Gasteiger charge is -2.37. The predicted octanol–water partition coefficient (Wildman–Crippen LogP) is 3.36. The molecule has 1 aliphatic rings. The van der Waals surface area contributed by atoms with Crippen LogP contribution < -0.4 is 5.56 Å². The fourth-order valence-corrected chi connectivity index (χ4v) is 3.10. The van der Waals surface area contributed by atoms with Crippen LogP contribution in [0, 0.1) is 5.82 Å². The minimum Gasteiger partial charge on any atom is -0.465 e. The van der Waals surface area contributed by atoms with Gasteiger partial charge in [0.05, 0.1) is 11.1 Å². The lowest BCUT2D eigenvalue weighted by atomic mass is 9.86. The third-order valence-corrected chi connectivity index (χ3v) is 4.43. The fourth-order valence-electron chi connectivity index (χ4n) is 2.99. The maximum Gasteiger partial charge on any atom is 0.407 e. The number of amides is 1. The Hall–Kier alpha value is -2.28. The molecule has 0 aliphatic carbocycles. The van der Waals surface area contributed by atoms with Crippen molar-refractivity contribution in [2.45, 2.75) is 24.8 Å². The van der Waals surface area contributed by atoms with Gasteiger partial charge in [0, 0.05) is 18.5 Å². The van der Waals surface area contributed by atoms with E-state index in [9.17, 15) is 19.1 Å². The Labute approximate surface area is 135 Å². The van der Waals surface area contributed by atoms with Crippen molar-refractivity contribution in [3.8, 4) is 0 Å². The van der Waals surface area contributed by atoms with E-state index in [1.54, 1.807) is 6.07 Å². The van der Waals surface area contributed by atoms with Crippen molar-refractivity contribution >= 4 is 17.7 Å². The number of nitrogens with zero attached hydrogens (tertiary/aromatic N) is 1. The van der Waals surface area contributed by atoms with Crippen LogP contribution in [0.3, 0.4) is 0 Å². The van der Waals surface area contributed by atoms with Crippen LogP contribution in [0.15, 0.2) is 33.6 Å². The summed E-state index contributed by atoms with van der Waals surface area (Å²) in [5.41, 5.74) is 0.187. The summed E-state index contributed by atoms with van der Waals surface area (Å²) in [5.74, 6) is -0.224. The summed E-state index contributed by atoms with van der Waals surface area (Å²) in [5, 5.41) is 11.6. The van der Waals surface area contributed by atoms with Crippen molar-refractivity contribution in [2.24, 2.45) is 0 Å². The van der Waals surface area contributed by atoms with E-state index in [4.69, 9.17) is 16.1 Å². The molecule has 0 spiro atoms. The number of aromatic amines is 1. The first-order valence-electron chi connectivity index (χ1n) is 7.08. The molecule has 1 amide bonds. The van der Waals surface area contributed by atoms with Gasteiger partial charge >= 0.3 is 6.09 Å². The third-order valence-electron chi connectivity index (χ3n) is 4.12. The summed E-state index contributed by atoms with van der Waals surface area (Å²) in [4.78, 5) is 24.0. The second-order valence-corrected chi connectivity index (χ2v) is 5.91. The number of hydrogen-bond acceptors (Lipinski definition) is 3. The minimum atomic E-state index is -1.07. The van der Waals surface area contributed by atoms with Gasteiger partial charge in [-0.15, -0.1) is 0 Å². The van der Waals surface area contributed by atoms with Crippen molar-refractivity contribution in [1.82, 2.24) is 10.1 Å². The van der Waals surface area contributed by atoms with Crippen LogP contribution in [0.5, 0.6) is 0 Å². The zero-order chi connectivity index (χ0) is 16.6. The van der Waals surface area contributed by atoms with E-state index in [0.29, 0.717) is 24.2 Å². The fraction of sp³-hybridized carbons (Fsp3) is 0.333. The lowest BCUT2D eigenvalue weighted by Crippen LogP contribution is -2.39. The number of carbonyl (C=O) groups is 1. The van der Waals surface area contributed by atoms with E-state index in [0.717, 1.165) is 0 Å². The first-order valence-corrected chi connectivity index (χ1v) is 7.46. The third kappa shape index (κ3) is 3.10. The molecule has 2 atom stereocenters. The number of likely N-dealkylation sites (tertiary alicyclic amines) is 1.